The number of ether oxygens (including phenoxy) is 1. The minimum atomic E-state index is -2.28. The molecule has 0 radical (unpaired) electrons. The maximum atomic E-state index is 12.3. The standard InChI is InChI=1S/C25H30N6O5S/c1-4-26-23(33)18-8-6-7-17(13-18)21-14-27-24(30-22(21)28-16(3)15-32)29-19-9-11-20(12-10-19)37(35)31-25(34)36-5-2/h6-14,16,32,37H,4-5,15H2,1-3H3,(H,26,33)(H2,27,28,29,30)/t16-/m1/s1. The van der Waals surface area contributed by atoms with Crippen molar-refractivity contribution >= 4 is 40.0 Å². The van der Waals surface area contributed by atoms with E-state index in [1.54, 1.807) is 55.6 Å². The minimum absolute atomic E-state index is 0.109. The predicted octanol–water partition coefficient (Wildman–Crippen LogP) is 3.61. The van der Waals surface area contributed by atoms with Gasteiger partial charge in [0, 0.05) is 40.5 Å². The summed E-state index contributed by atoms with van der Waals surface area (Å²) in [4.78, 5) is 33.1. The largest absolute Gasteiger partial charge is 0.448 e. The van der Waals surface area contributed by atoms with Gasteiger partial charge in [-0.3, -0.25) is 4.79 Å². The van der Waals surface area contributed by atoms with Crippen LogP contribution in [0.3, 0.4) is 0 Å². The lowest BCUT2D eigenvalue weighted by Gasteiger charge is -2.17. The molecular formula is C25H30N6O5S. The van der Waals surface area contributed by atoms with Crippen LogP contribution in [-0.4, -0.2) is 57.1 Å². The molecule has 2 amide bonds. The van der Waals surface area contributed by atoms with Gasteiger partial charge in [0.1, 0.15) is 5.82 Å². The molecule has 1 aromatic heterocycles. The molecule has 1 unspecified atom stereocenters. The Morgan fingerprint density at radius 3 is 2.59 bits per heavy atom. The van der Waals surface area contributed by atoms with Crippen molar-refractivity contribution in [1.82, 2.24) is 15.3 Å². The summed E-state index contributed by atoms with van der Waals surface area (Å²) in [6.07, 6.45) is 0.759. The molecule has 1 heterocycles. The number of rotatable bonds is 10. The highest BCUT2D eigenvalue weighted by Crippen LogP contribution is 2.29. The summed E-state index contributed by atoms with van der Waals surface area (Å²) in [5.41, 5.74) is 2.53. The van der Waals surface area contributed by atoms with Crippen molar-refractivity contribution in [1.29, 1.82) is 0 Å². The lowest BCUT2D eigenvalue weighted by Crippen LogP contribution is -2.22. The summed E-state index contributed by atoms with van der Waals surface area (Å²) < 4.78 is 20.4. The number of anilines is 3. The first-order valence-electron chi connectivity index (χ1n) is 11.7. The van der Waals surface area contributed by atoms with Crippen LogP contribution in [0.25, 0.3) is 11.1 Å². The summed E-state index contributed by atoms with van der Waals surface area (Å²) in [7, 11) is -2.28. The molecule has 196 valence electrons. The van der Waals surface area contributed by atoms with Gasteiger partial charge in [-0.25, -0.2) is 14.0 Å². The Balaban J connectivity index is 1.87. The topological polar surface area (TPSA) is 155 Å². The first-order valence-corrected chi connectivity index (χ1v) is 12.9. The lowest BCUT2D eigenvalue weighted by molar-refractivity contribution is 0.0955. The fourth-order valence-electron chi connectivity index (χ4n) is 3.22. The highest BCUT2D eigenvalue weighted by atomic mass is 32.2. The van der Waals surface area contributed by atoms with Gasteiger partial charge in [0.2, 0.25) is 5.95 Å². The van der Waals surface area contributed by atoms with E-state index in [9.17, 15) is 18.9 Å². The summed E-state index contributed by atoms with van der Waals surface area (Å²) >= 11 is 0. The number of hydrogen-bond donors (Lipinski definition) is 5. The van der Waals surface area contributed by atoms with E-state index in [2.05, 4.69) is 30.3 Å². The molecule has 0 aliphatic heterocycles. The Bertz CT molecular complexity index is 1330. The Kier molecular flexibility index (Phi) is 9.92. The second-order valence-corrected chi connectivity index (χ2v) is 9.13. The van der Waals surface area contributed by atoms with Crippen molar-refractivity contribution in [3.05, 3.63) is 60.3 Å². The molecule has 3 rings (SSSR count). The minimum Gasteiger partial charge on any atom is -0.448 e. The van der Waals surface area contributed by atoms with Gasteiger partial charge in [0.15, 0.2) is 0 Å². The van der Waals surface area contributed by atoms with Crippen molar-refractivity contribution < 1.29 is 23.6 Å². The molecular weight excluding hydrogens is 496 g/mol. The van der Waals surface area contributed by atoms with E-state index in [-0.39, 0.29) is 31.1 Å². The van der Waals surface area contributed by atoms with Crippen molar-refractivity contribution in [2.24, 2.45) is 4.36 Å². The first-order chi connectivity index (χ1) is 17.8. The average molecular weight is 527 g/mol. The van der Waals surface area contributed by atoms with Crippen LogP contribution >= 0.6 is 0 Å². The summed E-state index contributed by atoms with van der Waals surface area (Å²) in [6, 6.07) is 13.3. The van der Waals surface area contributed by atoms with Crippen LogP contribution in [0.15, 0.2) is 64.0 Å². The van der Waals surface area contributed by atoms with E-state index in [1.165, 1.54) is 0 Å². The molecule has 0 bridgehead atoms. The fraction of sp³-hybridized carbons (Fsp3) is 0.280. The number of hydrogen-bond acceptors (Lipinski definition) is 9. The zero-order chi connectivity index (χ0) is 26.8. The van der Waals surface area contributed by atoms with E-state index in [4.69, 9.17) is 4.74 Å². The van der Waals surface area contributed by atoms with Crippen LogP contribution < -0.4 is 16.0 Å². The SMILES string of the molecule is CCNC(=O)c1cccc(-c2cnc(Nc3ccc(/[SH](=O)=N/C(=O)OCC)cc3)nc2N[C@H](C)CO)c1. The van der Waals surface area contributed by atoms with Gasteiger partial charge >= 0.3 is 6.09 Å². The molecule has 0 fully saturated rings. The van der Waals surface area contributed by atoms with E-state index in [0.29, 0.717) is 34.1 Å². The number of carbonyl (C=O) groups is 2. The van der Waals surface area contributed by atoms with E-state index >= 15 is 0 Å². The number of amides is 2. The Morgan fingerprint density at radius 2 is 1.92 bits per heavy atom. The zero-order valence-electron chi connectivity index (χ0n) is 20.8. The molecule has 2 atom stereocenters. The number of carbonyl (C=O) groups excluding carboxylic acids is 2. The monoisotopic (exact) mass is 526 g/mol. The van der Waals surface area contributed by atoms with Crippen LogP contribution in [0.1, 0.15) is 31.1 Å². The van der Waals surface area contributed by atoms with Crippen molar-refractivity contribution in [2.45, 2.75) is 31.7 Å². The molecule has 0 saturated carbocycles. The van der Waals surface area contributed by atoms with Gasteiger partial charge in [-0.2, -0.15) is 4.98 Å². The number of nitrogens with one attached hydrogen (secondary N) is 3. The van der Waals surface area contributed by atoms with Gasteiger partial charge in [0.05, 0.1) is 23.8 Å². The third-order valence-corrected chi connectivity index (χ3v) is 6.09. The fourth-order valence-corrected chi connectivity index (χ4v) is 3.94. The highest BCUT2D eigenvalue weighted by molar-refractivity contribution is 7.75. The maximum absolute atomic E-state index is 12.3. The first kappa shape index (κ1) is 27.6. The molecule has 0 aliphatic rings. The number of nitrogens with zero attached hydrogens (tertiary/aromatic N) is 3. The Labute approximate surface area is 216 Å². The van der Waals surface area contributed by atoms with Gasteiger partial charge in [-0.15, -0.1) is 4.36 Å². The van der Waals surface area contributed by atoms with E-state index in [0.717, 1.165) is 5.56 Å². The number of aliphatic hydroxyl groups is 1. The van der Waals surface area contributed by atoms with E-state index < -0.39 is 16.7 Å². The third kappa shape index (κ3) is 7.72. The number of aromatic nitrogens is 2. The summed E-state index contributed by atoms with van der Waals surface area (Å²) in [5, 5.41) is 18.6. The lowest BCUT2D eigenvalue weighted by atomic mass is 10.0. The van der Waals surface area contributed by atoms with Gasteiger partial charge < -0.3 is 25.8 Å². The number of aliphatic hydroxyl groups excluding tert-OH is 1. The molecule has 37 heavy (non-hydrogen) atoms. The van der Waals surface area contributed by atoms with E-state index in [1.807, 2.05) is 19.9 Å². The van der Waals surface area contributed by atoms with Crippen molar-refractivity contribution in [3.8, 4) is 11.1 Å². The molecule has 12 heteroatoms. The normalized spacial score (nSPS) is 12.4. The van der Waals surface area contributed by atoms with Crippen LogP contribution in [0.4, 0.5) is 22.2 Å². The van der Waals surface area contributed by atoms with Crippen LogP contribution in [0, 0.1) is 0 Å². The Hall–Kier alpha value is -4.03. The predicted molar refractivity (Wildman–Crippen MR) is 143 cm³/mol. The quantitative estimate of drug-likeness (QED) is 0.249. The second-order valence-electron chi connectivity index (χ2n) is 7.87. The second kappa shape index (κ2) is 13.3. The van der Waals surface area contributed by atoms with Crippen LogP contribution in [0.2, 0.25) is 0 Å². The molecule has 0 aliphatic carbocycles. The van der Waals surface area contributed by atoms with Gasteiger partial charge in [-0.1, -0.05) is 12.1 Å². The molecule has 0 spiro atoms. The van der Waals surface area contributed by atoms with Crippen molar-refractivity contribution in [2.75, 3.05) is 30.4 Å². The number of thiol groups is 1. The smallest absolute Gasteiger partial charge is 0.441 e. The van der Waals surface area contributed by atoms with Crippen molar-refractivity contribution in [3.63, 3.8) is 0 Å². The zero-order valence-corrected chi connectivity index (χ0v) is 21.7. The Morgan fingerprint density at radius 1 is 1.16 bits per heavy atom. The molecule has 0 saturated heterocycles. The average Bonchev–Trinajstić information content (AvgIpc) is 2.89. The highest BCUT2D eigenvalue weighted by Gasteiger charge is 2.14. The van der Waals surface area contributed by atoms with Gasteiger partial charge in [0.25, 0.3) is 5.91 Å². The summed E-state index contributed by atoms with van der Waals surface area (Å²) in [6.45, 7) is 5.87. The maximum Gasteiger partial charge on any atom is 0.441 e. The third-order valence-electron chi connectivity index (χ3n) is 5.00. The summed E-state index contributed by atoms with van der Waals surface area (Å²) in [5.74, 6) is 0.576. The van der Waals surface area contributed by atoms with Gasteiger partial charge in [-0.05, 0) is 62.7 Å². The molecule has 4 N–H and O–H groups in total. The number of benzene rings is 2. The van der Waals surface area contributed by atoms with Crippen LogP contribution in [-0.2, 0) is 15.3 Å². The molecule has 3 aromatic rings. The molecule has 2 aromatic carbocycles. The molecule has 11 nitrogen and oxygen atoms in total. The van der Waals surface area contributed by atoms with Crippen LogP contribution in [0.5, 0.6) is 0 Å².